The quantitative estimate of drug-likeness (QED) is 0.664. The number of halogens is 2. The summed E-state index contributed by atoms with van der Waals surface area (Å²) in [6.07, 6.45) is 2.37. The molecule has 0 unspecified atom stereocenters. The van der Waals surface area contributed by atoms with Gasteiger partial charge in [0.25, 0.3) is 0 Å². The summed E-state index contributed by atoms with van der Waals surface area (Å²) in [7, 11) is 0. The van der Waals surface area contributed by atoms with Crippen molar-refractivity contribution in [3.63, 3.8) is 0 Å². The van der Waals surface area contributed by atoms with Gasteiger partial charge in [0.15, 0.2) is 0 Å². The van der Waals surface area contributed by atoms with Crippen molar-refractivity contribution < 1.29 is 13.6 Å². The minimum absolute atomic E-state index is 0.150. The van der Waals surface area contributed by atoms with Gasteiger partial charge in [-0.25, -0.2) is 4.39 Å². The van der Waals surface area contributed by atoms with Crippen LogP contribution in [0.1, 0.15) is 46.5 Å². The first-order valence-corrected chi connectivity index (χ1v) is 5.75. The smallest absolute Gasteiger partial charge is 0.261 e. The van der Waals surface area contributed by atoms with E-state index in [2.05, 4.69) is 6.58 Å². The number of carbonyl (C=O) groups excluding carboxylic acids is 1. The maximum Gasteiger partial charge on any atom is 0.307 e. The molecule has 1 aliphatic rings. The first kappa shape index (κ1) is 13.3. The van der Waals surface area contributed by atoms with Gasteiger partial charge in [-0.1, -0.05) is 20.4 Å². The monoisotopic (exact) mass is 230 g/mol. The molecule has 92 valence electrons. The normalized spacial score (nSPS) is 31.2. The Balaban J connectivity index is 2.69. The summed E-state index contributed by atoms with van der Waals surface area (Å²) in [4.78, 5) is 10.9. The zero-order valence-corrected chi connectivity index (χ0v) is 10.3. The Kier molecular flexibility index (Phi) is 3.56. The molecule has 1 nitrogen and oxygen atoms in total. The number of hydrogen-bond donors (Lipinski definition) is 0. The summed E-state index contributed by atoms with van der Waals surface area (Å²) in [5, 5.41) is 0. The molecule has 0 amide bonds. The molecular weight excluding hydrogens is 210 g/mol. The van der Waals surface area contributed by atoms with E-state index in [4.69, 9.17) is 0 Å². The minimum Gasteiger partial charge on any atom is -0.261 e. The van der Waals surface area contributed by atoms with Crippen LogP contribution in [0.4, 0.5) is 8.78 Å². The third-order valence-electron chi connectivity index (χ3n) is 4.28. The van der Waals surface area contributed by atoms with Gasteiger partial charge in [-0.05, 0) is 38.5 Å². The molecular formula is C13H20F2O. The molecule has 1 aliphatic carbocycles. The van der Waals surface area contributed by atoms with Gasteiger partial charge in [0.2, 0.25) is 0 Å². The van der Waals surface area contributed by atoms with E-state index in [1.165, 1.54) is 0 Å². The molecule has 0 saturated heterocycles. The van der Waals surface area contributed by atoms with E-state index in [0.29, 0.717) is 25.7 Å². The van der Waals surface area contributed by atoms with Crippen LogP contribution in [0.2, 0.25) is 0 Å². The standard InChI is InChI=1S/C13H20F2O/c1-9(14)12(2,3)10-5-7-13(4,8-6-10)11(15)16/h10H,1,5-8H2,2-4H3. The van der Waals surface area contributed by atoms with Gasteiger partial charge in [0, 0.05) is 5.41 Å². The minimum atomic E-state index is -1.23. The Morgan fingerprint density at radius 3 is 2.06 bits per heavy atom. The van der Waals surface area contributed by atoms with Crippen LogP contribution in [0.15, 0.2) is 12.4 Å². The fraction of sp³-hybridized carbons (Fsp3) is 0.769. The van der Waals surface area contributed by atoms with E-state index < -0.39 is 16.9 Å². The van der Waals surface area contributed by atoms with Gasteiger partial charge in [-0.3, -0.25) is 4.79 Å². The molecule has 0 N–H and O–H groups in total. The molecule has 0 spiro atoms. The Labute approximate surface area is 95.9 Å². The fourth-order valence-electron chi connectivity index (χ4n) is 2.39. The Morgan fingerprint density at radius 1 is 1.31 bits per heavy atom. The lowest BCUT2D eigenvalue weighted by Gasteiger charge is -2.40. The maximum absolute atomic E-state index is 13.3. The highest BCUT2D eigenvalue weighted by Gasteiger charge is 2.43. The van der Waals surface area contributed by atoms with Gasteiger partial charge in [0.1, 0.15) is 0 Å². The van der Waals surface area contributed by atoms with Gasteiger partial charge in [-0.15, -0.1) is 0 Å². The van der Waals surface area contributed by atoms with Crippen molar-refractivity contribution in [3.8, 4) is 0 Å². The fourth-order valence-corrected chi connectivity index (χ4v) is 2.39. The van der Waals surface area contributed by atoms with E-state index in [0.717, 1.165) is 0 Å². The molecule has 0 bridgehead atoms. The number of carbonyl (C=O) groups is 1. The second-order valence-electron chi connectivity index (χ2n) is 5.74. The molecule has 0 aromatic rings. The average molecular weight is 230 g/mol. The van der Waals surface area contributed by atoms with Gasteiger partial charge in [0.05, 0.1) is 11.2 Å². The number of allylic oxidation sites excluding steroid dienone is 1. The van der Waals surface area contributed by atoms with Crippen molar-refractivity contribution in [2.45, 2.75) is 46.5 Å². The average Bonchev–Trinajstić information content (AvgIpc) is 2.18. The third kappa shape index (κ3) is 2.33. The van der Waals surface area contributed by atoms with Crippen molar-refractivity contribution >= 4 is 6.04 Å². The van der Waals surface area contributed by atoms with E-state index in [-0.39, 0.29) is 11.7 Å². The van der Waals surface area contributed by atoms with Crippen LogP contribution >= 0.6 is 0 Å². The Morgan fingerprint density at radius 2 is 1.75 bits per heavy atom. The summed E-state index contributed by atoms with van der Waals surface area (Å²) >= 11 is 0. The van der Waals surface area contributed by atoms with Crippen molar-refractivity contribution in [2.24, 2.45) is 16.7 Å². The molecule has 0 radical (unpaired) electrons. The van der Waals surface area contributed by atoms with Crippen molar-refractivity contribution in [1.29, 1.82) is 0 Å². The van der Waals surface area contributed by atoms with Gasteiger partial charge in [-0.2, -0.15) is 4.39 Å². The summed E-state index contributed by atoms with van der Waals surface area (Å²) in [6, 6.07) is -1.23. The SMILES string of the molecule is C=C(F)C(C)(C)C1CCC(C)(C(=O)F)CC1. The first-order valence-electron chi connectivity index (χ1n) is 5.75. The van der Waals surface area contributed by atoms with Crippen molar-refractivity contribution in [3.05, 3.63) is 12.4 Å². The lowest BCUT2D eigenvalue weighted by Crippen LogP contribution is -2.35. The lowest BCUT2D eigenvalue weighted by atomic mass is 9.64. The Bertz CT molecular complexity index is 299. The zero-order valence-electron chi connectivity index (χ0n) is 10.3. The molecule has 0 aliphatic heterocycles. The second kappa shape index (κ2) is 4.27. The molecule has 0 aromatic carbocycles. The summed E-state index contributed by atoms with van der Waals surface area (Å²) in [6.45, 7) is 8.66. The first-order chi connectivity index (χ1) is 7.20. The zero-order chi connectivity index (χ0) is 12.6. The topological polar surface area (TPSA) is 17.1 Å². The molecule has 1 fully saturated rings. The van der Waals surface area contributed by atoms with Crippen LogP contribution in [0.5, 0.6) is 0 Å². The van der Waals surface area contributed by atoms with Crippen LogP contribution in [-0.4, -0.2) is 6.04 Å². The highest BCUT2D eigenvalue weighted by atomic mass is 19.1. The predicted molar refractivity (Wildman–Crippen MR) is 60.2 cm³/mol. The highest BCUT2D eigenvalue weighted by molar-refractivity contribution is 5.75. The summed E-state index contributed by atoms with van der Waals surface area (Å²) < 4.78 is 26.1. The largest absolute Gasteiger partial charge is 0.307 e. The van der Waals surface area contributed by atoms with E-state index in [1.54, 1.807) is 6.92 Å². The summed E-state index contributed by atoms with van der Waals surface area (Å²) in [5.41, 5.74) is -1.41. The molecule has 0 aromatic heterocycles. The lowest BCUT2D eigenvalue weighted by molar-refractivity contribution is -0.142. The molecule has 0 atom stereocenters. The molecule has 1 saturated carbocycles. The van der Waals surface area contributed by atoms with Crippen LogP contribution in [0.3, 0.4) is 0 Å². The predicted octanol–water partition coefficient (Wildman–Crippen LogP) is 4.19. The van der Waals surface area contributed by atoms with Crippen LogP contribution < -0.4 is 0 Å². The van der Waals surface area contributed by atoms with Crippen LogP contribution in [0, 0.1) is 16.7 Å². The van der Waals surface area contributed by atoms with Crippen molar-refractivity contribution in [2.75, 3.05) is 0 Å². The number of rotatable bonds is 3. The van der Waals surface area contributed by atoms with Crippen molar-refractivity contribution in [1.82, 2.24) is 0 Å². The van der Waals surface area contributed by atoms with Crippen LogP contribution in [-0.2, 0) is 4.79 Å². The van der Waals surface area contributed by atoms with Crippen LogP contribution in [0.25, 0.3) is 0 Å². The molecule has 16 heavy (non-hydrogen) atoms. The summed E-state index contributed by atoms with van der Waals surface area (Å²) in [5.74, 6) is -0.176. The molecule has 3 heteroatoms. The Hall–Kier alpha value is -0.730. The van der Waals surface area contributed by atoms with Gasteiger partial charge < -0.3 is 0 Å². The second-order valence-corrected chi connectivity index (χ2v) is 5.74. The maximum atomic E-state index is 13.3. The van der Waals surface area contributed by atoms with E-state index >= 15 is 0 Å². The van der Waals surface area contributed by atoms with Gasteiger partial charge >= 0.3 is 6.04 Å². The van der Waals surface area contributed by atoms with E-state index in [1.807, 2.05) is 13.8 Å². The third-order valence-corrected chi connectivity index (χ3v) is 4.28. The van der Waals surface area contributed by atoms with E-state index in [9.17, 15) is 13.6 Å². The number of hydrogen-bond acceptors (Lipinski definition) is 1. The molecule has 1 rings (SSSR count). The highest BCUT2D eigenvalue weighted by Crippen LogP contribution is 2.48. The molecule has 0 heterocycles.